The van der Waals surface area contributed by atoms with Crippen molar-refractivity contribution in [3.63, 3.8) is 0 Å². The lowest BCUT2D eigenvalue weighted by atomic mass is 10.1. The van der Waals surface area contributed by atoms with E-state index in [1.165, 1.54) is 18.3 Å². The van der Waals surface area contributed by atoms with Crippen molar-refractivity contribution in [2.75, 3.05) is 4.72 Å². The van der Waals surface area contributed by atoms with Gasteiger partial charge in [-0.1, -0.05) is 39.7 Å². The van der Waals surface area contributed by atoms with E-state index in [0.717, 1.165) is 5.56 Å². The van der Waals surface area contributed by atoms with Crippen molar-refractivity contribution in [2.24, 2.45) is 0 Å². The van der Waals surface area contributed by atoms with Crippen molar-refractivity contribution in [3.05, 3.63) is 88.2 Å². The number of ketones is 1. The van der Waals surface area contributed by atoms with E-state index in [1.54, 1.807) is 48.5 Å². The van der Waals surface area contributed by atoms with Gasteiger partial charge in [0.2, 0.25) is 5.78 Å². The minimum atomic E-state index is -3.82. The Hall–Kier alpha value is -2.51. The SMILES string of the molecule is Cc1ccc(S(=O)(=O)Nc2ccc(Br)cc2C(=O)c2ccccn2)cc1. The molecule has 0 unspecified atom stereocenters. The molecule has 0 spiro atoms. The fraction of sp³-hybridized carbons (Fsp3) is 0.0526. The lowest BCUT2D eigenvalue weighted by Crippen LogP contribution is -2.16. The molecule has 1 N–H and O–H groups in total. The second-order valence-electron chi connectivity index (χ2n) is 5.65. The maximum Gasteiger partial charge on any atom is 0.261 e. The number of benzene rings is 2. The topological polar surface area (TPSA) is 76.1 Å². The third-order valence-electron chi connectivity index (χ3n) is 3.70. The number of nitrogens with one attached hydrogen (secondary N) is 1. The van der Waals surface area contributed by atoms with Crippen molar-refractivity contribution >= 4 is 37.4 Å². The molecule has 3 aromatic rings. The fourth-order valence-electron chi connectivity index (χ4n) is 2.35. The molecule has 0 aliphatic heterocycles. The number of anilines is 1. The summed E-state index contributed by atoms with van der Waals surface area (Å²) in [6.45, 7) is 1.88. The molecule has 3 rings (SSSR count). The van der Waals surface area contributed by atoms with Crippen LogP contribution in [0.15, 0.2) is 76.2 Å². The molecular formula is C19H15BrN2O3S. The monoisotopic (exact) mass is 430 g/mol. The van der Waals surface area contributed by atoms with Crippen LogP contribution < -0.4 is 4.72 Å². The summed E-state index contributed by atoms with van der Waals surface area (Å²) in [7, 11) is -3.82. The fourth-order valence-corrected chi connectivity index (χ4v) is 3.79. The number of hydrogen-bond acceptors (Lipinski definition) is 4. The molecule has 0 atom stereocenters. The summed E-state index contributed by atoms with van der Waals surface area (Å²) in [4.78, 5) is 16.9. The standard InChI is InChI=1S/C19H15BrN2O3S/c1-13-5-8-15(9-6-13)26(24,25)22-17-10-7-14(20)12-16(17)19(23)18-4-2-3-11-21-18/h2-12,22H,1H3. The predicted octanol–water partition coefficient (Wildman–Crippen LogP) is 4.18. The summed E-state index contributed by atoms with van der Waals surface area (Å²) in [5.41, 5.74) is 1.61. The Kier molecular flexibility index (Phi) is 5.20. The second kappa shape index (κ2) is 7.39. The van der Waals surface area contributed by atoms with Gasteiger partial charge in [0.25, 0.3) is 10.0 Å². The van der Waals surface area contributed by atoms with E-state index < -0.39 is 10.0 Å². The Balaban J connectivity index is 2.01. The zero-order chi connectivity index (χ0) is 18.7. The number of carbonyl (C=O) groups excluding carboxylic acids is 1. The largest absolute Gasteiger partial charge is 0.287 e. The molecule has 26 heavy (non-hydrogen) atoms. The van der Waals surface area contributed by atoms with Gasteiger partial charge in [-0.15, -0.1) is 0 Å². The van der Waals surface area contributed by atoms with E-state index in [9.17, 15) is 13.2 Å². The molecule has 7 heteroatoms. The van der Waals surface area contributed by atoms with Gasteiger partial charge >= 0.3 is 0 Å². The van der Waals surface area contributed by atoms with E-state index in [-0.39, 0.29) is 27.6 Å². The van der Waals surface area contributed by atoms with Crippen LogP contribution in [0.4, 0.5) is 5.69 Å². The van der Waals surface area contributed by atoms with Gasteiger partial charge in [0, 0.05) is 16.2 Å². The Morgan fingerprint density at radius 1 is 1.04 bits per heavy atom. The van der Waals surface area contributed by atoms with Crippen LogP contribution >= 0.6 is 15.9 Å². The van der Waals surface area contributed by atoms with Crippen LogP contribution in [0.1, 0.15) is 21.6 Å². The quantitative estimate of drug-likeness (QED) is 0.615. The molecular weight excluding hydrogens is 416 g/mol. The van der Waals surface area contributed by atoms with Gasteiger partial charge in [-0.25, -0.2) is 8.42 Å². The highest BCUT2D eigenvalue weighted by Gasteiger charge is 2.20. The van der Waals surface area contributed by atoms with Crippen LogP contribution in [0.5, 0.6) is 0 Å². The Bertz CT molecular complexity index is 1050. The molecule has 0 fully saturated rings. The number of pyridine rings is 1. The van der Waals surface area contributed by atoms with Crippen molar-refractivity contribution in [2.45, 2.75) is 11.8 Å². The van der Waals surface area contributed by atoms with Gasteiger partial charge in [0.05, 0.1) is 10.6 Å². The maximum atomic E-state index is 12.8. The average molecular weight is 431 g/mol. The van der Waals surface area contributed by atoms with E-state index in [0.29, 0.717) is 4.47 Å². The van der Waals surface area contributed by atoms with Crippen LogP contribution in [-0.4, -0.2) is 19.2 Å². The summed E-state index contributed by atoms with van der Waals surface area (Å²) >= 11 is 3.32. The van der Waals surface area contributed by atoms with Gasteiger partial charge in [0.15, 0.2) is 0 Å². The molecule has 0 aliphatic carbocycles. The van der Waals surface area contributed by atoms with Gasteiger partial charge in [-0.2, -0.15) is 0 Å². The third-order valence-corrected chi connectivity index (χ3v) is 5.57. The molecule has 1 heterocycles. The van der Waals surface area contributed by atoms with E-state index in [4.69, 9.17) is 0 Å². The molecule has 0 saturated carbocycles. The normalized spacial score (nSPS) is 11.2. The lowest BCUT2D eigenvalue weighted by molar-refractivity contribution is 0.103. The zero-order valence-electron chi connectivity index (χ0n) is 13.8. The highest BCUT2D eigenvalue weighted by atomic mass is 79.9. The van der Waals surface area contributed by atoms with Crippen LogP contribution in [0.25, 0.3) is 0 Å². The van der Waals surface area contributed by atoms with E-state index in [2.05, 4.69) is 25.6 Å². The van der Waals surface area contributed by atoms with Gasteiger partial charge in [-0.3, -0.25) is 14.5 Å². The number of hydrogen-bond donors (Lipinski definition) is 1. The van der Waals surface area contributed by atoms with Crippen molar-refractivity contribution in [1.82, 2.24) is 4.98 Å². The zero-order valence-corrected chi connectivity index (χ0v) is 16.2. The smallest absolute Gasteiger partial charge is 0.261 e. The second-order valence-corrected chi connectivity index (χ2v) is 8.25. The molecule has 0 aliphatic rings. The highest BCUT2D eigenvalue weighted by Crippen LogP contribution is 2.26. The van der Waals surface area contributed by atoms with Crippen LogP contribution in [-0.2, 0) is 10.0 Å². The number of nitrogens with zero attached hydrogens (tertiary/aromatic N) is 1. The van der Waals surface area contributed by atoms with Crippen molar-refractivity contribution < 1.29 is 13.2 Å². The molecule has 0 saturated heterocycles. The summed E-state index contributed by atoms with van der Waals surface area (Å²) in [6, 6.07) is 16.3. The summed E-state index contributed by atoms with van der Waals surface area (Å²) in [5, 5.41) is 0. The van der Waals surface area contributed by atoms with Crippen LogP contribution in [0.3, 0.4) is 0 Å². The summed E-state index contributed by atoms with van der Waals surface area (Å²) in [6.07, 6.45) is 1.52. The third kappa shape index (κ3) is 4.00. The minimum Gasteiger partial charge on any atom is -0.287 e. The van der Waals surface area contributed by atoms with Crippen molar-refractivity contribution in [1.29, 1.82) is 0 Å². The highest BCUT2D eigenvalue weighted by molar-refractivity contribution is 9.10. The number of aromatic nitrogens is 1. The number of sulfonamides is 1. The average Bonchev–Trinajstić information content (AvgIpc) is 2.63. The molecule has 1 aromatic heterocycles. The van der Waals surface area contributed by atoms with Gasteiger partial charge in [0.1, 0.15) is 5.69 Å². The van der Waals surface area contributed by atoms with Gasteiger partial charge < -0.3 is 0 Å². The Morgan fingerprint density at radius 2 is 1.77 bits per heavy atom. The molecule has 0 radical (unpaired) electrons. The first kappa shape index (κ1) is 18.3. The lowest BCUT2D eigenvalue weighted by Gasteiger charge is -2.13. The van der Waals surface area contributed by atoms with Crippen LogP contribution in [0, 0.1) is 6.92 Å². The first-order chi connectivity index (χ1) is 12.4. The number of halogens is 1. The Labute approximate surface area is 160 Å². The predicted molar refractivity (Wildman–Crippen MR) is 104 cm³/mol. The van der Waals surface area contributed by atoms with E-state index in [1.807, 2.05) is 6.92 Å². The molecule has 0 bridgehead atoms. The molecule has 2 aromatic carbocycles. The van der Waals surface area contributed by atoms with E-state index >= 15 is 0 Å². The first-order valence-corrected chi connectivity index (χ1v) is 9.99. The summed E-state index contributed by atoms with van der Waals surface area (Å²) in [5.74, 6) is -0.367. The number of carbonyl (C=O) groups is 1. The minimum absolute atomic E-state index is 0.127. The first-order valence-electron chi connectivity index (χ1n) is 7.71. The molecule has 0 amide bonds. The molecule has 5 nitrogen and oxygen atoms in total. The van der Waals surface area contributed by atoms with Crippen LogP contribution in [0.2, 0.25) is 0 Å². The number of rotatable bonds is 5. The maximum absolute atomic E-state index is 12.8. The molecule has 132 valence electrons. The van der Waals surface area contributed by atoms with Gasteiger partial charge in [-0.05, 0) is 49.4 Å². The number of aryl methyl sites for hydroxylation is 1. The Morgan fingerprint density at radius 3 is 2.42 bits per heavy atom. The van der Waals surface area contributed by atoms with Crippen molar-refractivity contribution in [3.8, 4) is 0 Å². The summed E-state index contributed by atoms with van der Waals surface area (Å²) < 4.78 is 28.5.